The third-order valence-electron chi connectivity index (χ3n) is 4.39. The standard InChI is InChI=1S/C17H19N3O3/c1-11-15(16(22)19-10-12-5-4-6-14(12)21)13(9-18)17(23-11)20-7-2-3-8-20/h2-3,7-8,12,14,21H,4-6,10H2,1H3,(H,19,22). The lowest BCUT2D eigenvalue weighted by atomic mass is 10.1. The molecule has 6 heteroatoms. The van der Waals surface area contributed by atoms with E-state index in [1.807, 2.05) is 12.1 Å². The summed E-state index contributed by atoms with van der Waals surface area (Å²) in [6.45, 7) is 2.08. The molecule has 1 aliphatic rings. The lowest BCUT2D eigenvalue weighted by Gasteiger charge is -2.14. The number of hydrogen-bond donors (Lipinski definition) is 2. The number of nitriles is 1. The first kappa shape index (κ1) is 15.4. The van der Waals surface area contributed by atoms with Gasteiger partial charge in [0.2, 0.25) is 5.88 Å². The molecule has 2 N–H and O–H groups in total. The highest BCUT2D eigenvalue weighted by molar-refractivity contribution is 5.98. The monoisotopic (exact) mass is 313 g/mol. The Morgan fingerprint density at radius 2 is 2.22 bits per heavy atom. The van der Waals surface area contributed by atoms with Gasteiger partial charge in [-0.3, -0.25) is 9.36 Å². The second-order valence-electron chi connectivity index (χ2n) is 5.88. The molecule has 23 heavy (non-hydrogen) atoms. The number of carbonyl (C=O) groups is 1. The normalized spacial score (nSPS) is 20.4. The summed E-state index contributed by atoms with van der Waals surface area (Å²) < 4.78 is 7.30. The van der Waals surface area contributed by atoms with Crippen LogP contribution in [-0.2, 0) is 0 Å². The highest BCUT2D eigenvalue weighted by Crippen LogP contribution is 2.27. The van der Waals surface area contributed by atoms with Crippen molar-refractivity contribution in [1.82, 2.24) is 9.88 Å². The van der Waals surface area contributed by atoms with Crippen LogP contribution in [0.5, 0.6) is 0 Å². The van der Waals surface area contributed by atoms with E-state index in [1.54, 1.807) is 23.9 Å². The van der Waals surface area contributed by atoms with Crippen LogP contribution in [0.2, 0.25) is 0 Å². The third kappa shape index (κ3) is 2.88. The number of aliphatic hydroxyl groups is 1. The van der Waals surface area contributed by atoms with Crippen LogP contribution in [0.3, 0.4) is 0 Å². The van der Waals surface area contributed by atoms with Crippen LogP contribution >= 0.6 is 0 Å². The number of aryl methyl sites for hydroxylation is 1. The average Bonchev–Trinajstić information content (AvgIpc) is 3.24. The Balaban J connectivity index is 1.82. The van der Waals surface area contributed by atoms with Crippen LogP contribution in [0.15, 0.2) is 28.9 Å². The highest BCUT2D eigenvalue weighted by Gasteiger charge is 2.28. The lowest BCUT2D eigenvalue weighted by molar-refractivity contribution is 0.0915. The number of amides is 1. The van der Waals surface area contributed by atoms with Gasteiger partial charge in [0.15, 0.2) is 0 Å². The fourth-order valence-corrected chi connectivity index (χ4v) is 3.13. The van der Waals surface area contributed by atoms with Crippen LogP contribution in [0.4, 0.5) is 0 Å². The molecule has 2 aromatic heterocycles. The second kappa shape index (κ2) is 6.31. The van der Waals surface area contributed by atoms with Gasteiger partial charge >= 0.3 is 0 Å². The number of aliphatic hydroxyl groups excluding tert-OH is 1. The minimum absolute atomic E-state index is 0.0839. The molecule has 0 radical (unpaired) electrons. The van der Waals surface area contributed by atoms with Crippen molar-refractivity contribution in [1.29, 1.82) is 5.26 Å². The third-order valence-corrected chi connectivity index (χ3v) is 4.39. The summed E-state index contributed by atoms with van der Waals surface area (Å²) in [7, 11) is 0. The van der Waals surface area contributed by atoms with E-state index in [4.69, 9.17) is 4.42 Å². The zero-order valence-electron chi connectivity index (χ0n) is 13.0. The Morgan fingerprint density at radius 3 is 2.83 bits per heavy atom. The van der Waals surface area contributed by atoms with Crippen LogP contribution in [0.25, 0.3) is 5.88 Å². The summed E-state index contributed by atoms with van der Waals surface area (Å²) >= 11 is 0. The van der Waals surface area contributed by atoms with E-state index in [0.717, 1.165) is 19.3 Å². The minimum Gasteiger partial charge on any atom is -0.443 e. The van der Waals surface area contributed by atoms with Gasteiger partial charge in [-0.2, -0.15) is 5.26 Å². The minimum atomic E-state index is -0.355. The maximum Gasteiger partial charge on any atom is 0.256 e. The lowest BCUT2D eigenvalue weighted by Crippen LogP contribution is -2.32. The molecule has 1 amide bonds. The van der Waals surface area contributed by atoms with Crippen LogP contribution < -0.4 is 5.32 Å². The van der Waals surface area contributed by atoms with Crippen LogP contribution in [0, 0.1) is 24.2 Å². The van der Waals surface area contributed by atoms with Crippen LogP contribution in [0.1, 0.15) is 40.9 Å². The molecule has 1 saturated carbocycles. The molecule has 0 spiro atoms. The first-order valence-electron chi connectivity index (χ1n) is 7.75. The molecule has 2 unspecified atom stereocenters. The van der Waals surface area contributed by atoms with Gasteiger partial charge in [0.05, 0.1) is 6.10 Å². The number of carbonyl (C=O) groups excluding carboxylic acids is 1. The van der Waals surface area contributed by atoms with E-state index in [1.165, 1.54) is 0 Å². The Kier molecular flexibility index (Phi) is 4.22. The van der Waals surface area contributed by atoms with Gasteiger partial charge in [0.1, 0.15) is 23.0 Å². The van der Waals surface area contributed by atoms with E-state index in [-0.39, 0.29) is 29.1 Å². The zero-order valence-corrected chi connectivity index (χ0v) is 13.0. The van der Waals surface area contributed by atoms with Crippen molar-refractivity contribution in [3.8, 4) is 12.0 Å². The Bertz CT molecular complexity index is 740. The molecular formula is C17H19N3O3. The molecule has 6 nitrogen and oxygen atoms in total. The number of rotatable bonds is 4. The Morgan fingerprint density at radius 1 is 1.48 bits per heavy atom. The smallest absolute Gasteiger partial charge is 0.256 e. The van der Waals surface area contributed by atoms with Crippen molar-refractivity contribution in [3.63, 3.8) is 0 Å². The molecule has 1 fully saturated rings. The largest absolute Gasteiger partial charge is 0.443 e. The van der Waals surface area contributed by atoms with Gasteiger partial charge < -0.3 is 14.8 Å². The van der Waals surface area contributed by atoms with Crippen molar-refractivity contribution in [2.45, 2.75) is 32.3 Å². The summed E-state index contributed by atoms with van der Waals surface area (Å²) in [5.74, 6) is 0.511. The predicted molar refractivity (Wildman–Crippen MR) is 83.2 cm³/mol. The van der Waals surface area contributed by atoms with Gasteiger partial charge in [-0.25, -0.2) is 0 Å². The molecule has 2 heterocycles. The highest BCUT2D eigenvalue weighted by atomic mass is 16.4. The maximum atomic E-state index is 12.5. The van der Waals surface area contributed by atoms with Crippen molar-refractivity contribution >= 4 is 5.91 Å². The molecule has 2 atom stereocenters. The molecule has 0 bridgehead atoms. The predicted octanol–water partition coefficient (Wildman–Crippen LogP) is 2.14. The molecule has 0 aromatic carbocycles. The number of hydrogen-bond acceptors (Lipinski definition) is 4. The van der Waals surface area contributed by atoms with Crippen molar-refractivity contribution in [3.05, 3.63) is 41.4 Å². The SMILES string of the molecule is Cc1oc(-n2cccc2)c(C#N)c1C(=O)NCC1CCCC1O. The van der Waals surface area contributed by atoms with Crippen molar-refractivity contribution in [2.24, 2.45) is 5.92 Å². The summed E-state index contributed by atoms with van der Waals surface area (Å²) in [4.78, 5) is 12.5. The van der Waals surface area contributed by atoms with Crippen molar-refractivity contribution < 1.29 is 14.3 Å². The van der Waals surface area contributed by atoms with E-state index < -0.39 is 0 Å². The topological polar surface area (TPSA) is 91.2 Å². The summed E-state index contributed by atoms with van der Waals surface area (Å²) in [6, 6.07) is 5.71. The molecule has 120 valence electrons. The summed E-state index contributed by atoms with van der Waals surface area (Å²) in [5.41, 5.74) is 0.492. The van der Waals surface area contributed by atoms with Gasteiger partial charge in [-0.1, -0.05) is 6.42 Å². The van der Waals surface area contributed by atoms with Crippen LogP contribution in [-0.4, -0.2) is 28.2 Å². The van der Waals surface area contributed by atoms with E-state index in [0.29, 0.717) is 18.2 Å². The van der Waals surface area contributed by atoms with Gasteiger partial charge in [-0.15, -0.1) is 0 Å². The second-order valence-corrected chi connectivity index (χ2v) is 5.88. The van der Waals surface area contributed by atoms with E-state index in [9.17, 15) is 15.2 Å². The fraction of sp³-hybridized carbons (Fsp3) is 0.412. The molecule has 2 aromatic rings. The van der Waals surface area contributed by atoms with Gasteiger partial charge in [-0.05, 0) is 31.9 Å². The molecule has 0 aliphatic heterocycles. The molecule has 3 rings (SSSR count). The first-order valence-corrected chi connectivity index (χ1v) is 7.75. The first-order chi connectivity index (χ1) is 11.1. The zero-order chi connectivity index (χ0) is 16.4. The van der Waals surface area contributed by atoms with E-state index in [2.05, 4.69) is 11.4 Å². The maximum absolute atomic E-state index is 12.5. The number of furan rings is 1. The number of nitrogens with zero attached hydrogens (tertiary/aromatic N) is 2. The molecular weight excluding hydrogens is 294 g/mol. The van der Waals surface area contributed by atoms with Gasteiger partial charge in [0.25, 0.3) is 5.91 Å². The number of aromatic nitrogens is 1. The summed E-state index contributed by atoms with van der Waals surface area (Å²) in [5, 5.41) is 22.1. The van der Waals surface area contributed by atoms with E-state index >= 15 is 0 Å². The summed E-state index contributed by atoms with van der Waals surface area (Å²) in [6.07, 6.45) is 5.84. The molecule has 1 aliphatic carbocycles. The molecule has 0 saturated heterocycles. The average molecular weight is 313 g/mol. The number of nitrogens with one attached hydrogen (secondary N) is 1. The Hall–Kier alpha value is -2.52. The van der Waals surface area contributed by atoms with Crippen molar-refractivity contribution in [2.75, 3.05) is 6.54 Å². The van der Waals surface area contributed by atoms with Gasteiger partial charge in [0, 0.05) is 24.9 Å². The fourth-order valence-electron chi connectivity index (χ4n) is 3.13. The Labute approximate surface area is 134 Å². The quantitative estimate of drug-likeness (QED) is 0.904.